The van der Waals surface area contributed by atoms with Crippen LogP contribution in [0.15, 0.2) is 24.3 Å². The van der Waals surface area contributed by atoms with Crippen molar-refractivity contribution in [3.05, 3.63) is 29.8 Å². The molecule has 0 unspecified atom stereocenters. The van der Waals surface area contributed by atoms with E-state index in [0.29, 0.717) is 5.75 Å². The van der Waals surface area contributed by atoms with Gasteiger partial charge in [0.1, 0.15) is 24.5 Å². The molecule has 1 fully saturated rings. The van der Waals surface area contributed by atoms with Crippen LogP contribution in [0.4, 0.5) is 0 Å². The van der Waals surface area contributed by atoms with Gasteiger partial charge in [0.05, 0.1) is 0 Å². The third-order valence-electron chi connectivity index (χ3n) is 4.31. The summed E-state index contributed by atoms with van der Waals surface area (Å²) in [6, 6.07) is 6.10. The van der Waals surface area contributed by atoms with E-state index in [9.17, 15) is 19.2 Å². The number of benzene rings is 1. The SMILES string of the molecule is CC(=O)N[C@@H]1[C@@H](Oc2cccc(C)c2)O[C@@H](COC(C)=O)[C@@H](OC(C)=O)[C@H]1OC(C)=O. The number of amides is 1. The van der Waals surface area contributed by atoms with E-state index in [-0.39, 0.29) is 6.61 Å². The molecule has 31 heavy (non-hydrogen) atoms. The molecule has 170 valence electrons. The van der Waals surface area contributed by atoms with Crippen LogP contribution in [0.5, 0.6) is 5.75 Å². The van der Waals surface area contributed by atoms with Crippen LogP contribution in [0.3, 0.4) is 0 Å². The summed E-state index contributed by atoms with van der Waals surface area (Å²) in [4.78, 5) is 46.8. The van der Waals surface area contributed by atoms with Gasteiger partial charge >= 0.3 is 17.9 Å². The maximum absolute atomic E-state index is 11.9. The molecular weight excluding hydrogens is 410 g/mol. The number of aryl methyl sites for hydroxylation is 1. The first kappa shape index (κ1) is 24.1. The highest BCUT2D eigenvalue weighted by atomic mass is 16.7. The minimum Gasteiger partial charge on any atom is -0.463 e. The Morgan fingerprint density at radius 1 is 0.968 bits per heavy atom. The molecule has 5 atom stereocenters. The Morgan fingerprint density at radius 3 is 2.16 bits per heavy atom. The van der Waals surface area contributed by atoms with Gasteiger partial charge in [-0.25, -0.2) is 0 Å². The van der Waals surface area contributed by atoms with E-state index in [4.69, 9.17) is 23.7 Å². The molecule has 10 heteroatoms. The van der Waals surface area contributed by atoms with Crippen LogP contribution in [-0.4, -0.2) is 61.1 Å². The predicted molar refractivity (Wildman–Crippen MR) is 106 cm³/mol. The van der Waals surface area contributed by atoms with Gasteiger partial charge in [0.2, 0.25) is 12.2 Å². The molecule has 1 aromatic rings. The minimum absolute atomic E-state index is 0.286. The molecule has 1 aliphatic heterocycles. The van der Waals surface area contributed by atoms with Gasteiger partial charge in [-0.1, -0.05) is 12.1 Å². The van der Waals surface area contributed by atoms with Gasteiger partial charge in [-0.3, -0.25) is 19.2 Å². The van der Waals surface area contributed by atoms with Gasteiger partial charge in [-0.2, -0.15) is 0 Å². The summed E-state index contributed by atoms with van der Waals surface area (Å²) >= 11 is 0. The number of carbonyl (C=O) groups excluding carboxylic acids is 4. The second-order valence-electron chi connectivity index (χ2n) is 7.15. The monoisotopic (exact) mass is 437 g/mol. The lowest BCUT2D eigenvalue weighted by Gasteiger charge is -2.44. The summed E-state index contributed by atoms with van der Waals surface area (Å²) in [6.45, 7) is 6.45. The van der Waals surface area contributed by atoms with Crippen LogP contribution in [0, 0.1) is 6.92 Å². The van der Waals surface area contributed by atoms with Gasteiger partial charge in [0.15, 0.2) is 12.2 Å². The van der Waals surface area contributed by atoms with Crippen molar-refractivity contribution in [1.29, 1.82) is 0 Å². The molecule has 0 aliphatic carbocycles. The number of hydrogen-bond donors (Lipinski definition) is 1. The van der Waals surface area contributed by atoms with Gasteiger partial charge < -0.3 is 29.0 Å². The molecule has 1 amide bonds. The molecule has 0 radical (unpaired) electrons. The molecule has 1 aromatic carbocycles. The van der Waals surface area contributed by atoms with Crippen molar-refractivity contribution in [3.63, 3.8) is 0 Å². The summed E-state index contributed by atoms with van der Waals surface area (Å²) in [6.07, 6.45) is -4.47. The number of ether oxygens (including phenoxy) is 5. The Labute approximate surface area is 180 Å². The van der Waals surface area contributed by atoms with Crippen LogP contribution < -0.4 is 10.1 Å². The fraction of sp³-hybridized carbons (Fsp3) is 0.524. The lowest BCUT2D eigenvalue weighted by atomic mass is 9.96. The van der Waals surface area contributed by atoms with E-state index in [2.05, 4.69) is 5.32 Å². The summed E-state index contributed by atoms with van der Waals surface area (Å²) in [5.74, 6) is -1.91. The Morgan fingerprint density at radius 2 is 1.61 bits per heavy atom. The smallest absolute Gasteiger partial charge is 0.303 e. The first-order chi connectivity index (χ1) is 14.6. The molecule has 0 bridgehead atoms. The van der Waals surface area contributed by atoms with E-state index >= 15 is 0 Å². The summed E-state index contributed by atoms with van der Waals surface area (Å²) in [5, 5.41) is 2.65. The van der Waals surface area contributed by atoms with E-state index in [0.717, 1.165) is 5.56 Å². The molecule has 0 saturated carbocycles. The second kappa shape index (κ2) is 10.8. The van der Waals surface area contributed by atoms with Gasteiger partial charge in [0.25, 0.3) is 0 Å². The van der Waals surface area contributed by atoms with Crippen molar-refractivity contribution < 1.29 is 42.9 Å². The highest BCUT2D eigenvalue weighted by molar-refractivity contribution is 5.73. The van der Waals surface area contributed by atoms with Crippen molar-refractivity contribution in [2.75, 3.05) is 6.61 Å². The molecule has 0 aromatic heterocycles. The second-order valence-corrected chi connectivity index (χ2v) is 7.15. The Bertz CT molecular complexity index is 825. The fourth-order valence-electron chi connectivity index (χ4n) is 3.21. The van der Waals surface area contributed by atoms with Crippen LogP contribution in [0.25, 0.3) is 0 Å². The highest BCUT2D eigenvalue weighted by Gasteiger charge is 2.51. The molecule has 10 nitrogen and oxygen atoms in total. The standard InChI is InChI=1S/C21H27NO9/c1-11-7-6-8-16(9-11)30-21-18(22-12(2)23)20(29-15(5)26)19(28-14(4)25)17(31-21)10-27-13(3)24/h6-9,17-21H,10H2,1-5H3,(H,22,23)/t17-,18-,19+,20-,21-/m0/s1. The first-order valence-electron chi connectivity index (χ1n) is 9.70. The first-order valence-corrected chi connectivity index (χ1v) is 9.70. The van der Waals surface area contributed by atoms with Crippen molar-refractivity contribution in [2.24, 2.45) is 0 Å². The van der Waals surface area contributed by atoms with Crippen LogP contribution in [0.1, 0.15) is 33.3 Å². The third-order valence-corrected chi connectivity index (χ3v) is 4.31. The zero-order valence-corrected chi connectivity index (χ0v) is 18.1. The van der Waals surface area contributed by atoms with Crippen molar-refractivity contribution >= 4 is 23.8 Å². The third kappa shape index (κ3) is 7.25. The summed E-state index contributed by atoms with van der Waals surface area (Å²) in [7, 11) is 0. The molecular formula is C21H27NO9. The van der Waals surface area contributed by atoms with Crippen LogP contribution in [-0.2, 0) is 38.1 Å². The zero-order chi connectivity index (χ0) is 23.1. The number of hydrogen-bond acceptors (Lipinski definition) is 9. The number of esters is 3. The van der Waals surface area contributed by atoms with E-state index < -0.39 is 54.5 Å². The maximum Gasteiger partial charge on any atom is 0.303 e. The predicted octanol–water partition coefficient (Wildman–Crippen LogP) is 1.03. The molecule has 1 saturated heterocycles. The average Bonchev–Trinajstić information content (AvgIpc) is 2.64. The molecule has 1 heterocycles. The topological polar surface area (TPSA) is 126 Å². The van der Waals surface area contributed by atoms with Gasteiger partial charge in [-0.05, 0) is 24.6 Å². The Hall–Kier alpha value is -3.14. The molecule has 0 spiro atoms. The molecule has 1 N–H and O–H groups in total. The number of rotatable bonds is 7. The quantitative estimate of drug-likeness (QED) is 0.491. The Balaban J connectivity index is 2.44. The van der Waals surface area contributed by atoms with Gasteiger partial charge in [0, 0.05) is 27.7 Å². The van der Waals surface area contributed by atoms with E-state index in [1.807, 2.05) is 13.0 Å². The Kier molecular flexibility index (Phi) is 8.38. The normalized spacial score (nSPS) is 25.1. The van der Waals surface area contributed by atoms with Gasteiger partial charge in [-0.15, -0.1) is 0 Å². The van der Waals surface area contributed by atoms with Crippen LogP contribution >= 0.6 is 0 Å². The number of carbonyl (C=O) groups is 4. The summed E-state index contributed by atoms with van der Waals surface area (Å²) in [5.41, 5.74) is 0.926. The van der Waals surface area contributed by atoms with E-state index in [1.165, 1.54) is 27.7 Å². The fourth-order valence-corrected chi connectivity index (χ4v) is 3.21. The largest absolute Gasteiger partial charge is 0.463 e. The number of nitrogens with one attached hydrogen (secondary N) is 1. The lowest BCUT2D eigenvalue weighted by Crippen LogP contribution is -2.67. The summed E-state index contributed by atoms with van der Waals surface area (Å²) < 4.78 is 27.7. The average molecular weight is 437 g/mol. The van der Waals surface area contributed by atoms with Crippen molar-refractivity contribution in [3.8, 4) is 5.75 Å². The molecule has 2 rings (SSSR count). The minimum atomic E-state index is -1.16. The zero-order valence-electron chi connectivity index (χ0n) is 18.1. The van der Waals surface area contributed by atoms with E-state index in [1.54, 1.807) is 18.2 Å². The maximum atomic E-state index is 11.9. The highest BCUT2D eigenvalue weighted by Crippen LogP contribution is 2.29. The van der Waals surface area contributed by atoms with Crippen LogP contribution in [0.2, 0.25) is 0 Å². The van der Waals surface area contributed by atoms with Crippen molar-refractivity contribution in [1.82, 2.24) is 5.32 Å². The lowest BCUT2D eigenvalue weighted by molar-refractivity contribution is -0.257. The molecule has 1 aliphatic rings. The van der Waals surface area contributed by atoms with Crippen molar-refractivity contribution in [2.45, 2.75) is 65.3 Å².